The van der Waals surface area contributed by atoms with E-state index in [1.807, 2.05) is 37.4 Å². The van der Waals surface area contributed by atoms with Crippen LogP contribution in [0.2, 0.25) is 0 Å². The zero-order chi connectivity index (χ0) is 21.9. The van der Waals surface area contributed by atoms with Crippen molar-refractivity contribution < 1.29 is 9.47 Å². The molecule has 1 aromatic heterocycles. The van der Waals surface area contributed by atoms with E-state index in [-0.39, 0.29) is 0 Å². The number of aryl methyl sites for hydroxylation is 1. The molecule has 3 aromatic rings. The first-order valence-electron chi connectivity index (χ1n) is 10.5. The Morgan fingerprint density at radius 2 is 1.94 bits per heavy atom. The van der Waals surface area contributed by atoms with Crippen molar-refractivity contribution in [2.75, 3.05) is 26.9 Å². The average molecular weight is 422 g/mol. The number of nitrogens with zero attached hydrogens (tertiary/aromatic N) is 2. The number of hydrogen-bond donors (Lipinski definition) is 3. The molecule has 3 N–H and O–H groups in total. The summed E-state index contributed by atoms with van der Waals surface area (Å²) in [7, 11) is 1.67. The van der Waals surface area contributed by atoms with Crippen molar-refractivity contribution in [3.05, 3.63) is 71.7 Å². The highest BCUT2D eigenvalue weighted by Crippen LogP contribution is 2.21. The molecule has 0 amide bonds. The third-order valence-corrected chi connectivity index (χ3v) is 4.66. The first kappa shape index (κ1) is 22.4. The van der Waals surface area contributed by atoms with Crippen molar-refractivity contribution in [3.8, 4) is 17.0 Å². The minimum absolute atomic E-state index is 0.505. The smallest absolute Gasteiger partial charge is 0.191 e. The summed E-state index contributed by atoms with van der Waals surface area (Å²) >= 11 is 0. The number of guanidine groups is 1. The summed E-state index contributed by atoms with van der Waals surface area (Å²) in [5.41, 5.74) is 4.29. The molecule has 2 aromatic carbocycles. The van der Waals surface area contributed by atoms with Crippen LogP contribution < -0.4 is 15.4 Å². The molecule has 0 atom stereocenters. The maximum Gasteiger partial charge on any atom is 0.191 e. The maximum atomic E-state index is 5.87. The lowest BCUT2D eigenvalue weighted by Gasteiger charge is -2.13. The van der Waals surface area contributed by atoms with Crippen molar-refractivity contribution in [2.24, 2.45) is 4.99 Å². The lowest BCUT2D eigenvalue weighted by molar-refractivity contribution is 0.145. The average Bonchev–Trinajstić information content (AvgIpc) is 3.26. The minimum Gasteiger partial charge on any atom is -0.491 e. The molecule has 0 fully saturated rings. The van der Waals surface area contributed by atoms with Crippen LogP contribution in [-0.2, 0) is 17.8 Å². The van der Waals surface area contributed by atoms with Crippen molar-refractivity contribution in [1.29, 1.82) is 0 Å². The van der Waals surface area contributed by atoms with Crippen LogP contribution in [0.5, 0.6) is 5.75 Å². The largest absolute Gasteiger partial charge is 0.491 e. The molecule has 31 heavy (non-hydrogen) atoms. The molecule has 0 bridgehead atoms. The van der Waals surface area contributed by atoms with Crippen LogP contribution in [0.25, 0.3) is 11.3 Å². The molecule has 0 spiro atoms. The minimum atomic E-state index is 0.505. The van der Waals surface area contributed by atoms with E-state index in [2.05, 4.69) is 51.8 Å². The highest BCUT2D eigenvalue weighted by Gasteiger charge is 2.07. The zero-order valence-corrected chi connectivity index (χ0v) is 18.4. The highest BCUT2D eigenvalue weighted by atomic mass is 16.5. The fourth-order valence-electron chi connectivity index (χ4n) is 3.05. The Labute approximate surface area is 183 Å². The number of hydrogen-bond acceptors (Lipinski definition) is 4. The number of ether oxygens (including phenoxy) is 2. The van der Waals surface area contributed by atoms with E-state index in [1.165, 1.54) is 0 Å². The summed E-state index contributed by atoms with van der Waals surface area (Å²) in [5, 5.41) is 6.62. The van der Waals surface area contributed by atoms with Crippen LogP contribution in [-0.4, -0.2) is 42.8 Å². The summed E-state index contributed by atoms with van der Waals surface area (Å²) in [6.45, 7) is 6.98. The van der Waals surface area contributed by atoms with Gasteiger partial charge in [-0.3, -0.25) is 0 Å². The second-order valence-electron chi connectivity index (χ2n) is 7.11. The summed E-state index contributed by atoms with van der Waals surface area (Å²) in [4.78, 5) is 12.6. The Hall–Kier alpha value is -3.32. The second kappa shape index (κ2) is 11.8. The van der Waals surface area contributed by atoms with E-state index in [0.717, 1.165) is 46.5 Å². The number of imidazole rings is 1. The normalized spacial score (nSPS) is 11.4. The van der Waals surface area contributed by atoms with Crippen LogP contribution >= 0.6 is 0 Å². The fraction of sp³-hybridized carbons (Fsp3) is 0.333. The third kappa shape index (κ3) is 6.86. The van der Waals surface area contributed by atoms with Gasteiger partial charge in [0.1, 0.15) is 18.2 Å². The number of rotatable bonds is 10. The van der Waals surface area contributed by atoms with Gasteiger partial charge in [0.2, 0.25) is 0 Å². The van der Waals surface area contributed by atoms with Crippen LogP contribution in [0.1, 0.15) is 23.9 Å². The highest BCUT2D eigenvalue weighted by molar-refractivity contribution is 5.79. The van der Waals surface area contributed by atoms with Crippen LogP contribution in [0.3, 0.4) is 0 Å². The second-order valence-corrected chi connectivity index (χ2v) is 7.11. The number of H-pyrrole nitrogens is 1. The SMILES string of the molecule is CCNC(=NCc1ccc(C)cc1OCCOC)NCc1ncc(-c2ccccc2)[nH]1. The van der Waals surface area contributed by atoms with Crippen LogP contribution in [0, 0.1) is 6.92 Å². The summed E-state index contributed by atoms with van der Waals surface area (Å²) in [5.74, 6) is 2.42. The molecule has 164 valence electrons. The Bertz CT molecular complexity index is 969. The van der Waals surface area contributed by atoms with E-state index in [9.17, 15) is 0 Å². The number of nitrogens with one attached hydrogen (secondary N) is 3. The van der Waals surface area contributed by atoms with Gasteiger partial charge in [-0.25, -0.2) is 9.98 Å². The molecule has 0 radical (unpaired) electrons. The third-order valence-electron chi connectivity index (χ3n) is 4.66. The van der Waals surface area contributed by atoms with Gasteiger partial charge in [0.05, 0.1) is 31.6 Å². The van der Waals surface area contributed by atoms with Crippen molar-refractivity contribution in [1.82, 2.24) is 20.6 Å². The van der Waals surface area contributed by atoms with Crippen molar-refractivity contribution in [2.45, 2.75) is 26.9 Å². The molecule has 0 unspecified atom stereocenters. The fourth-order valence-corrected chi connectivity index (χ4v) is 3.05. The Balaban J connectivity index is 1.64. The van der Waals surface area contributed by atoms with Gasteiger partial charge in [-0.1, -0.05) is 42.5 Å². The quantitative estimate of drug-likeness (QED) is 0.264. The Kier molecular flexibility index (Phi) is 8.48. The van der Waals surface area contributed by atoms with Gasteiger partial charge in [0.15, 0.2) is 5.96 Å². The number of benzene rings is 2. The van der Waals surface area contributed by atoms with E-state index >= 15 is 0 Å². The standard InChI is InChI=1S/C24H31N5O2/c1-4-25-24(27-15-20-11-10-18(2)14-22(20)31-13-12-30-3)28-17-23-26-16-21(29-23)19-8-6-5-7-9-19/h5-11,14,16H,4,12-13,15,17H2,1-3H3,(H,26,29)(H2,25,27,28). The Morgan fingerprint density at radius 3 is 2.71 bits per heavy atom. The van der Waals surface area contributed by atoms with Gasteiger partial charge in [0, 0.05) is 19.2 Å². The van der Waals surface area contributed by atoms with Gasteiger partial charge in [-0.15, -0.1) is 0 Å². The molecule has 0 aliphatic heterocycles. The Morgan fingerprint density at radius 1 is 1.10 bits per heavy atom. The van der Waals surface area contributed by atoms with Crippen molar-refractivity contribution in [3.63, 3.8) is 0 Å². The van der Waals surface area contributed by atoms with E-state index in [4.69, 9.17) is 14.5 Å². The van der Waals surface area contributed by atoms with Gasteiger partial charge in [-0.05, 0) is 31.0 Å². The van der Waals surface area contributed by atoms with E-state index < -0.39 is 0 Å². The molecule has 7 nitrogen and oxygen atoms in total. The number of aromatic amines is 1. The van der Waals surface area contributed by atoms with Gasteiger partial charge in [0.25, 0.3) is 0 Å². The molecule has 0 aliphatic rings. The summed E-state index contributed by atoms with van der Waals surface area (Å²) in [6.07, 6.45) is 1.85. The van der Waals surface area contributed by atoms with E-state index in [0.29, 0.717) is 26.3 Å². The molecular formula is C24H31N5O2. The number of aromatic nitrogens is 2. The summed E-state index contributed by atoms with van der Waals surface area (Å²) in [6, 6.07) is 16.3. The van der Waals surface area contributed by atoms with Gasteiger partial charge >= 0.3 is 0 Å². The first-order valence-corrected chi connectivity index (χ1v) is 10.5. The molecule has 3 rings (SSSR count). The molecule has 0 aliphatic carbocycles. The van der Waals surface area contributed by atoms with Crippen LogP contribution in [0.15, 0.2) is 59.7 Å². The predicted octanol–water partition coefficient (Wildman–Crippen LogP) is 3.67. The first-order chi connectivity index (χ1) is 15.2. The molecule has 0 saturated carbocycles. The van der Waals surface area contributed by atoms with Gasteiger partial charge in [-0.2, -0.15) is 0 Å². The number of methoxy groups -OCH3 is 1. The zero-order valence-electron chi connectivity index (χ0n) is 18.4. The lowest BCUT2D eigenvalue weighted by atomic mass is 10.1. The lowest BCUT2D eigenvalue weighted by Crippen LogP contribution is -2.37. The molecule has 7 heteroatoms. The number of aliphatic imine (C=N–C) groups is 1. The summed E-state index contributed by atoms with van der Waals surface area (Å²) < 4.78 is 11.0. The molecule has 0 saturated heterocycles. The monoisotopic (exact) mass is 421 g/mol. The molecule has 1 heterocycles. The van der Waals surface area contributed by atoms with E-state index in [1.54, 1.807) is 7.11 Å². The predicted molar refractivity (Wildman–Crippen MR) is 124 cm³/mol. The topological polar surface area (TPSA) is 83.6 Å². The maximum absolute atomic E-state index is 5.87. The molecular weight excluding hydrogens is 390 g/mol. The van der Waals surface area contributed by atoms with Crippen molar-refractivity contribution >= 4 is 5.96 Å². The van der Waals surface area contributed by atoms with Gasteiger partial charge < -0.3 is 25.1 Å². The van der Waals surface area contributed by atoms with Crippen LogP contribution in [0.4, 0.5) is 0 Å².